The first kappa shape index (κ1) is 20.3. The number of benzene rings is 2. The first-order chi connectivity index (χ1) is 15.9. The highest BCUT2D eigenvalue weighted by atomic mass is 19.1. The summed E-state index contributed by atoms with van der Waals surface area (Å²) in [5.74, 6) is 5.29. The number of aromatic nitrogens is 3. The zero-order chi connectivity index (χ0) is 23.3. The Morgan fingerprint density at radius 1 is 1.03 bits per heavy atom. The monoisotopic (exact) mass is 444 g/mol. The number of anilines is 2. The van der Waals surface area contributed by atoms with Crippen molar-refractivity contribution in [3.63, 3.8) is 0 Å². The molecule has 10 heteroatoms. The third-order valence-electron chi connectivity index (χ3n) is 5.56. The summed E-state index contributed by atoms with van der Waals surface area (Å²) in [4.78, 5) is 39.6. The molecule has 0 bridgehead atoms. The molecule has 1 fully saturated rings. The van der Waals surface area contributed by atoms with Gasteiger partial charge in [-0.15, -0.1) is 0 Å². The molecule has 2 aromatic carbocycles. The Hall–Kier alpha value is -4.65. The summed E-state index contributed by atoms with van der Waals surface area (Å²) >= 11 is 0. The number of nitrogens with two attached hydrogens (primary N) is 1. The Morgan fingerprint density at radius 2 is 1.76 bits per heavy atom. The molecule has 0 atom stereocenters. The molecule has 9 nitrogen and oxygen atoms in total. The number of para-hydroxylation sites is 1. The third-order valence-corrected chi connectivity index (χ3v) is 5.56. The van der Waals surface area contributed by atoms with Gasteiger partial charge < -0.3 is 11.2 Å². The molecule has 0 unspecified atom stereocenters. The van der Waals surface area contributed by atoms with E-state index in [0.29, 0.717) is 18.5 Å². The number of nitrogen functional groups attached to an aromatic ring is 1. The second-order valence-corrected chi connectivity index (χ2v) is 7.76. The first-order valence-corrected chi connectivity index (χ1v) is 10.1. The molecule has 2 aromatic heterocycles. The second-order valence-electron chi connectivity index (χ2n) is 7.76. The minimum atomic E-state index is -0.738. The van der Waals surface area contributed by atoms with Crippen LogP contribution in [0.1, 0.15) is 24.4 Å². The van der Waals surface area contributed by atoms with Crippen molar-refractivity contribution in [3.8, 4) is 11.8 Å². The van der Waals surface area contributed by atoms with Gasteiger partial charge in [-0.05, 0) is 43.2 Å². The lowest BCUT2D eigenvalue weighted by atomic mass is 10.2. The summed E-state index contributed by atoms with van der Waals surface area (Å²) < 4.78 is 17.7. The topological polar surface area (TPSA) is 128 Å². The maximum Gasteiger partial charge on any atom is 0.337 e. The minimum absolute atomic E-state index is 0.00406. The summed E-state index contributed by atoms with van der Waals surface area (Å²) in [6, 6.07) is 15.0. The van der Waals surface area contributed by atoms with E-state index in [4.69, 9.17) is 11.1 Å². The van der Waals surface area contributed by atoms with Crippen LogP contribution in [0.5, 0.6) is 0 Å². The number of hydrogen-bond acceptors (Lipinski definition) is 6. The Balaban J connectivity index is 1.88. The van der Waals surface area contributed by atoms with E-state index < -0.39 is 22.6 Å². The zero-order valence-corrected chi connectivity index (χ0v) is 17.2. The largest absolute Gasteiger partial charge is 0.352 e. The molecular weight excluding hydrogens is 427 g/mol. The van der Waals surface area contributed by atoms with Crippen molar-refractivity contribution in [2.45, 2.75) is 18.9 Å². The van der Waals surface area contributed by atoms with Gasteiger partial charge >= 0.3 is 5.69 Å². The number of nitrogens with one attached hydrogen (secondary N) is 1. The van der Waals surface area contributed by atoms with Crippen molar-refractivity contribution < 1.29 is 4.39 Å². The normalized spacial score (nSPS) is 13.1. The lowest BCUT2D eigenvalue weighted by Crippen LogP contribution is -2.43. The van der Waals surface area contributed by atoms with E-state index in [9.17, 15) is 18.8 Å². The van der Waals surface area contributed by atoms with E-state index in [1.807, 2.05) is 6.07 Å². The number of rotatable bonds is 4. The van der Waals surface area contributed by atoms with Crippen molar-refractivity contribution >= 4 is 22.4 Å². The molecule has 0 saturated heterocycles. The van der Waals surface area contributed by atoms with Gasteiger partial charge in [-0.1, -0.05) is 18.2 Å². The van der Waals surface area contributed by atoms with Crippen LogP contribution in [-0.2, 0) is 0 Å². The highest BCUT2D eigenvalue weighted by Crippen LogP contribution is 2.33. The molecule has 33 heavy (non-hydrogen) atoms. The molecule has 1 saturated carbocycles. The van der Waals surface area contributed by atoms with Gasteiger partial charge in [-0.3, -0.25) is 14.2 Å². The fraction of sp³-hybridized carbons (Fsp3) is 0.130. The summed E-state index contributed by atoms with van der Waals surface area (Å²) in [5.41, 5.74) is -1.55. The number of nitriles is 1. The van der Waals surface area contributed by atoms with E-state index >= 15 is 0 Å². The summed E-state index contributed by atoms with van der Waals surface area (Å²) in [6.07, 6.45) is 1.34. The fourth-order valence-electron chi connectivity index (χ4n) is 3.84. The van der Waals surface area contributed by atoms with Crippen LogP contribution in [0.25, 0.3) is 16.7 Å². The van der Waals surface area contributed by atoms with E-state index in [1.54, 1.807) is 30.3 Å². The van der Waals surface area contributed by atoms with Crippen LogP contribution in [0.15, 0.2) is 69.0 Å². The molecule has 0 aliphatic heterocycles. The van der Waals surface area contributed by atoms with Crippen LogP contribution < -0.4 is 28.0 Å². The predicted octanol–water partition coefficient (Wildman–Crippen LogP) is 2.12. The Kier molecular flexibility index (Phi) is 4.60. The van der Waals surface area contributed by atoms with E-state index in [2.05, 4.69) is 5.32 Å². The highest BCUT2D eigenvalue weighted by molar-refractivity contribution is 5.91. The van der Waals surface area contributed by atoms with Crippen LogP contribution in [0.3, 0.4) is 0 Å². The number of nitrogens with zero attached hydrogens (tertiary/aromatic N) is 4. The van der Waals surface area contributed by atoms with Crippen LogP contribution >= 0.6 is 0 Å². The summed E-state index contributed by atoms with van der Waals surface area (Å²) in [7, 11) is 0. The molecular formula is C23H17FN6O3. The van der Waals surface area contributed by atoms with Crippen molar-refractivity contribution in [1.29, 1.82) is 5.26 Å². The predicted molar refractivity (Wildman–Crippen MR) is 121 cm³/mol. The molecule has 4 aromatic rings. The van der Waals surface area contributed by atoms with Crippen molar-refractivity contribution in [2.75, 3.05) is 11.2 Å². The molecule has 1 aliphatic carbocycles. The van der Waals surface area contributed by atoms with Crippen LogP contribution in [0, 0.1) is 17.1 Å². The lowest BCUT2D eigenvalue weighted by molar-refractivity contribution is 0.631. The molecule has 0 amide bonds. The molecule has 3 N–H and O–H groups in total. The van der Waals surface area contributed by atoms with E-state index in [0.717, 1.165) is 21.4 Å². The first-order valence-electron chi connectivity index (χ1n) is 10.1. The maximum absolute atomic E-state index is 14.6. The van der Waals surface area contributed by atoms with Gasteiger partial charge in [0.1, 0.15) is 11.2 Å². The molecule has 5 rings (SSSR count). The van der Waals surface area contributed by atoms with Crippen LogP contribution in [0.4, 0.5) is 15.8 Å². The molecule has 1 aliphatic rings. The van der Waals surface area contributed by atoms with E-state index in [-0.39, 0.29) is 34.0 Å². The molecule has 0 spiro atoms. The number of hydrogen-bond donors (Lipinski definition) is 2. The van der Waals surface area contributed by atoms with Crippen LogP contribution in [0.2, 0.25) is 0 Å². The quantitative estimate of drug-likeness (QED) is 0.464. The number of halogens is 1. The average molecular weight is 444 g/mol. The molecule has 0 radical (unpaired) electrons. The standard InChI is InChI=1S/C23H17FN6O3/c24-16-10-13(12-25)6-9-17(16)27-18-11-19(31)30(26)21-20(18)22(32)29(15-7-8-15)23(33)28(21)14-4-2-1-3-5-14/h1-6,9-11,15,27H,7-8,26H2. The third kappa shape index (κ3) is 3.27. The van der Waals surface area contributed by atoms with Gasteiger partial charge in [0.2, 0.25) is 0 Å². The fourth-order valence-corrected chi connectivity index (χ4v) is 3.84. The molecule has 164 valence electrons. The Labute approximate surface area is 185 Å². The number of pyridine rings is 1. The maximum atomic E-state index is 14.6. The summed E-state index contributed by atoms with van der Waals surface area (Å²) in [6.45, 7) is 0. The average Bonchev–Trinajstić information content (AvgIpc) is 3.64. The van der Waals surface area contributed by atoms with E-state index in [1.165, 1.54) is 16.7 Å². The van der Waals surface area contributed by atoms with Gasteiger partial charge in [-0.2, -0.15) is 5.26 Å². The van der Waals surface area contributed by atoms with Gasteiger partial charge in [0.15, 0.2) is 5.65 Å². The van der Waals surface area contributed by atoms with Gasteiger partial charge in [0, 0.05) is 12.1 Å². The minimum Gasteiger partial charge on any atom is -0.352 e. The van der Waals surface area contributed by atoms with Crippen molar-refractivity contribution in [3.05, 3.63) is 97.2 Å². The zero-order valence-electron chi connectivity index (χ0n) is 17.2. The van der Waals surface area contributed by atoms with Crippen molar-refractivity contribution in [1.82, 2.24) is 13.8 Å². The molecule has 2 heterocycles. The highest BCUT2D eigenvalue weighted by Gasteiger charge is 2.31. The van der Waals surface area contributed by atoms with Gasteiger partial charge in [0.25, 0.3) is 11.1 Å². The Morgan fingerprint density at radius 3 is 2.39 bits per heavy atom. The Bertz CT molecular complexity index is 1640. The van der Waals surface area contributed by atoms with Gasteiger partial charge in [-0.25, -0.2) is 18.4 Å². The van der Waals surface area contributed by atoms with Crippen LogP contribution in [-0.4, -0.2) is 13.8 Å². The lowest BCUT2D eigenvalue weighted by Gasteiger charge is -2.18. The number of fused-ring (bicyclic) bond motifs is 1. The second kappa shape index (κ2) is 7.49. The summed E-state index contributed by atoms with van der Waals surface area (Å²) in [5, 5.41) is 11.7. The smallest absolute Gasteiger partial charge is 0.337 e. The van der Waals surface area contributed by atoms with Crippen molar-refractivity contribution in [2.24, 2.45) is 0 Å². The SMILES string of the molecule is N#Cc1ccc(Nc2cc(=O)n(N)c3c2c(=O)n(C2CC2)c(=O)n3-c2ccccc2)c(F)c1. The van der Waals surface area contributed by atoms with Gasteiger partial charge in [0.05, 0.1) is 28.7 Å².